The summed E-state index contributed by atoms with van der Waals surface area (Å²) in [6, 6.07) is 11.0. The quantitative estimate of drug-likeness (QED) is 0.797. The summed E-state index contributed by atoms with van der Waals surface area (Å²) in [7, 11) is 0. The molecule has 7 heteroatoms. The summed E-state index contributed by atoms with van der Waals surface area (Å²) < 4.78 is 0. The van der Waals surface area contributed by atoms with Crippen LogP contribution in [-0.2, 0) is 9.59 Å². The van der Waals surface area contributed by atoms with Crippen molar-refractivity contribution >= 4 is 23.4 Å². The Morgan fingerprint density at radius 3 is 2.54 bits per heavy atom. The minimum Gasteiger partial charge on any atom is -0.366 e. The molecule has 0 spiro atoms. The number of hydrogen-bond acceptors (Lipinski definition) is 4. The van der Waals surface area contributed by atoms with Crippen molar-refractivity contribution in [3.63, 3.8) is 0 Å². The standard InChI is InChI=1S/C21H24N4O3/c1-13-8-14(2)18(15-6-4-3-5-7-15)25(12-13)21(28)20(27)24-17-9-16(19(22)26)10-23-11-17/h3-7,9-11,13-14,18H,8,12H2,1-2H3,(H2,22,26)(H,24,27)/t13-,14-,18-/m1/s1. The van der Waals surface area contributed by atoms with Gasteiger partial charge >= 0.3 is 11.8 Å². The Morgan fingerprint density at radius 2 is 1.86 bits per heavy atom. The molecule has 3 amide bonds. The zero-order valence-corrected chi connectivity index (χ0v) is 16.0. The zero-order valence-electron chi connectivity index (χ0n) is 16.0. The third-order valence-corrected chi connectivity index (χ3v) is 5.03. The molecule has 1 saturated heterocycles. The Bertz CT molecular complexity index is 884. The van der Waals surface area contributed by atoms with Crippen LogP contribution in [0.3, 0.4) is 0 Å². The topological polar surface area (TPSA) is 105 Å². The Balaban J connectivity index is 1.82. The van der Waals surface area contributed by atoms with Gasteiger partial charge in [-0.05, 0) is 29.9 Å². The van der Waals surface area contributed by atoms with Crippen LogP contribution < -0.4 is 11.1 Å². The van der Waals surface area contributed by atoms with E-state index in [1.165, 1.54) is 18.5 Å². The highest BCUT2D eigenvalue weighted by atomic mass is 16.2. The number of benzene rings is 1. The summed E-state index contributed by atoms with van der Waals surface area (Å²) in [6.07, 6.45) is 3.66. The Hall–Kier alpha value is -3.22. The maximum absolute atomic E-state index is 13.0. The van der Waals surface area contributed by atoms with Gasteiger partial charge in [-0.15, -0.1) is 0 Å². The third-order valence-electron chi connectivity index (χ3n) is 5.03. The van der Waals surface area contributed by atoms with Gasteiger partial charge in [0.2, 0.25) is 5.91 Å². The second kappa shape index (κ2) is 8.21. The lowest BCUT2D eigenvalue weighted by atomic mass is 9.81. The molecular weight excluding hydrogens is 356 g/mol. The first-order chi connectivity index (χ1) is 13.4. The molecular formula is C21H24N4O3. The van der Waals surface area contributed by atoms with Crippen LogP contribution in [-0.4, -0.2) is 34.2 Å². The first kappa shape index (κ1) is 19.5. The number of piperidine rings is 1. The Morgan fingerprint density at radius 1 is 1.14 bits per heavy atom. The molecule has 0 saturated carbocycles. The van der Waals surface area contributed by atoms with Crippen molar-refractivity contribution in [2.24, 2.45) is 17.6 Å². The maximum atomic E-state index is 13.0. The average Bonchev–Trinajstić information content (AvgIpc) is 2.67. The molecule has 1 aromatic carbocycles. The molecule has 0 radical (unpaired) electrons. The van der Waals surface area contributed by atoms with E-state index in [1.54, 1.807) is 4.90 Å². The number of pyridine rings is 1. The average molecular weight is 380 g/mol. The monoisotopic (exact) mass is 380 g/mol. The van der Waals surface area contributed by atoms with E-state index >= 15 is 0 Å². The molecule has 1 aromatic heterocycles. The van der Waals surface area contributed by atoms with Gasteiger partial charge in [0.05, 0.1) is 23.5 Å². The van der Waals surface area contributed by atoms with E-state index in [0.29, 0.717) is 12.5 Å². The van der Waals surface area contributed by atoms with E-state index in [4.69, 9.17) is 5.73 Å². The molecule has 0 bridgehead atoms. The largest absolute Gasteiger partial charge is 0.366 e. The van der Waals surface area contributed by atoms with Crippen LogP contribution in [0, 0.1) is 11.8 Å². The number of likely N-dealkylation sites (tertiary alicyclic amines) is 1. The molecule has 1 fully saturated rings. The smallest absolute Gasteiger partial charge is 0.313 e. The van der Waals surface area contributed by atoms with E-state index in [0.717, 1.165) is 12.0 Å². The zero-order chi connectivity index (χ0) is 20.3. The van der Waals surface area contributed by atoms with Gasteiger partial charge in [-0.1, -0.05) is 44.2 Å². The highest BCUT2D eigenvalue weighted by Crippen LogP contribution is 2.38. The number of amides is 3. The van der Waals surface area contributed by atoms with Crippen molar-refractivity contribution < 1.29 is 14.4 Å². The number of primary amides is 1. The van der Waals surface area contributed by atoms with Gasteiger partial charge in [0, 0.05) is 12.7 Å². The SMILES string of the molecule is C[C@@H]1C[C@@H](C)[C@H](c2ccccc2)N(C(=O)C(=O)Nc2cncc(C(N)=O)c2)C1. The summed E-state index contributed by atoms with van der Waals surface area (Å²) in [5, 5.41) is 2.54. The summed E-state index contributed by atoms with van der Waals surface area (Å²) in [6.45, 7) is 4.69. The van der Waals surface area contributed by atoms with Crippen molar-refractivity contribution in [3.05, 3.63) is 59.9 Å². The minimum atomic E-state index is -0.759. The van der Waals surface area contributed by atoms with E-state index in [1.807, 2.05) is 30.3 Å². The summed E-state index contributed by atoms with van der Waals surface area (Å²) in [4.78, 5) is 42.4. The lowest BCUT2D eigenvalue weighted by molar-refractivity contribution is -0.147. The number of nitrogens with two attached hydrogens (primary N) is 1. The first-order valence-electron chi connectivity index (χ1n) is 9.28. The van der Waals surface area contributed by atoms with E-state index in [9.17, 15) is 14.4 Å². The molecule has 2 heterocycles. The number of aromatic nitrogens is 1. The molecule has 2 aromatic rings. The number of rotatable bonds is 3. The van der Waals surface area contributed by atoms with Crippen LogP contribution in [0.4, 0.5) is 5.69 Å². The number of carbonyl (C=O) groups is 3. The number of anilines is 1. The Kier molecular flexibility index (Phi) is 5.73. The van der Waals surface area contributed by atoms with Crippen LogP contribution in [0.25, 0.3) is 0 Å². The van der Waals surface area contributed by atoms with Crippen molar-refractivity contribution in [2.75, 3.05) is 11.9 Å². The van der Waals surface area contributed by atoms with Crippen molar-refractivity contribution in [1.82, 2.24) is 9.88 Å². The third kappa shape index (κ3) is 4.19. The molecule has 3 N–H and O–H groups in total. The lowest BCUT2D eigenvalue weighted by Crippen LogP contribution is -2.49. The van der Waals surface area contributed by atoms with Crippen LogP contribution in [0.5, 0.6) is 0 Å². The lowest BCUT2D eigenvalue weighted by Gasteiger charge is -2.42. The van der Waals surface area contributed by atoms with Crippen LogP contribution in [0.2, 0.25) is 0 Å². The predicted octanol–water partition coefficient (Wildman–Crippen LogP) is 2.36. The summed E-state index contributed by atoms with van der Waals surface area (Å²) in [5.74, 6) is -1.49. The molecule has 3 rings (SSSR count). The predicted molar refractivity (Wildman–Crippen MR) is 105 cm³/mol. The number of hydrogen-bond donors (Lipinski definition) is 2. The molecule has 1 aliphatic rings. The van der Waals surface area contributed by atoms with Crippen molar-refractivity contribution in [3.8, 4) is 0 Å². The summed E-state index contributed by atoms with van der Waals surface area (Å²) >= 11 is 0. The van der Waals surface area contributed by atoms with Crippen molar-refractivity contribution in [1.29, 1.82) is 0 Å². The molecule has 1 aliphatic heterocycles. The molecule has 146 valence electrons. The second-order valence-corrected chi connectivity index (χ2v) is 7.41. The number of carbonyl (C=O) groups excluding carboxylic acids is 3. The van der Waals surface area contributed by atoms with Crippen molar-refractivity contribution in [2.45, 2.75) is 26.3 Å². The van der Waals surface area contributed by atoms with Gasteiger partial charge in [0.25, 0.3) is 0 Å². The molecule has 0 aliphatic carbocycles. The second-order valence-electron chi connectivity index (χ2n) is 7.41. The van der Waals surface area contributed by atoms with Gasteiger partial charge in [-0.25, -0.2) is 0 Å². The number of nitrogens with zero attached hydrogens (tertiary/aromatic N) is 2. The minimum absolute atomic E-state index is 0.160. The molecule has 28 heavy (non-hydrogen) atoms. The molecule has 0 unspecified atom stereocenters. The van der Waals surface area contributed by atoms with Crippen LogP contribution in [0.15, 0.2) is 48.8 Å². The van der Waals surface area contributed by atoms with E-state index in [2.05, 4.69) is 24.1 Å². The van der Waals surface area contributed by atoms with E-state index in [-0.39, 0.29) is 23.2 Å². The molecule has 3 atom stereocenters. The number of nitrogens with one attached hydrogen (secondary N) is 1. The van der Waals surface area contributed by atoms with E-state index < -0.39 is 17.7 Å². The summed E-state index contributed by atoms with van der Waals surface area (Å²) in [5.41, 5.74) is 6.66. The van der Waals surface area contributed by atoms with Gasteiger partial charge < -0.3 is 16.0 Å². The fourth-order valence-corrected chi connectivity index (χ4v) is 3.92. The van der Waals surface area contributed by atoms with Crippen LogP contribution in [0.1, 0.15) is 42.2 Å². The normalized spacial score (nSPS) is 21.8. The highest BCUT2D eigenvalue weighted by molar-refractivity contribution is 6.39. The van der Waals surface area contributed by atoms with Crippen LogP contribution >= 0.6 is 0 Å². The van der Waals surface area contributed by atoms with Gasteiger partial charge in [0.1, 0.15) is 0 Å². The van der Waals surface area contributed by atoms with Gasteiger partial charge in [-0.3, -0.25) is 19.4 Å². The molecule has 7 nitrogen and oxygen atoms in total. The highest BCUT2D eigenvalue weighted by Gasteiger charge is 2.38. The van der Waals surface area contributed by atoms with Gasteiger partial charge in [0.15, 0.2) is 0 Å². The Labute approximate surface area is 163 Å². The maximum Gasteiger partial charge on any atom is 0.313 e. The fraction of sp³-hybridized carbons (Fsp3) is 0.333. The fourth-order valence-electron chi connectivity index (χ4n) is 3.92. The van der Waals surface area contributed by atoms with Gasteiger partial charge in [-0.2, -0.15) is 0 Å². The first-order valence-corrected chi connectivity index (χ1v) is 9.28.